The van der Waals surface area contributed by atoms with Crippen molar-refractivity contribution < 1.29 is 4.79 Å². The van der Waals surface area contributed by atoms with E-state index in [1.54, 1.807) is 16.8 Å². The van der Waals surface area contributed by atoms with E-state index in [2.05, 4.69) is 23.3 Å². The highest BCUT2D eigenvalue weighted by molar-refractivity contribution is 6.05. The Morgan fingerprint density at radius 3 is 2.77 bits per heavy atom. The molecule has 130 valence electrons. The summed E-state index contributed by atoms with van der Waals surface area (Å²) in [5.41, 5.74) is 4.05. The van der Waals surface area contributed by atoms with Gasteiger partial charge in [-0.15, -0.1) is 5.10 Å². The molecule has 0 bridgehead atoms. The van der Waals surface area contributed by atoms with E-state index in [1.165, 1.54) is 5.56 Å². The van der Waals surface area contributed by atoms with Crippen molar-refractivity contribution in [3.05, 3.63) is 83.7 Å². The van der Waals surface area contributed by atoms with Crippen molar-refractivity contribution in [3.63, 3.8) is 0 Å². The minimum Gasteiger partial charge on any atom is -0.305 e. The molecule has 0 fully saturated rings. The molecule has 1 amide bonds. The lowest BCUT2D eigenvalue weighted by Gasteiger charge is -2.20. The fourth-order valence-electron chi connectivity index (χ4n) is 3.38. The van der Waals surface area contributed by atoms with E-state index in [1.807, 2.05) is 59.6 Å². The minimum atomic E-state index is -0.0277. The van der Waals surface area contributed by atoms with E-state index in [0.29, 0.717) is 12.2 Å². The largest absolute Gasteiger partial charge is 0.305 e. The third-order valence-electron chi connectivity index (χ3n) is 4.59. The number of nitrogens with zero attached hydrogens (tertiary/aromatic N) is 4. The van der Waals surface area contributed by atoms with Crippen LogP contribution in [0.2, 0.25) is 0 Å². The van der Waals surface area contributed by atoms with Crippen LogP contribution < -0.4 is 4.90 Å². The van der Waals surface area contributed by atoms with Crippen LogP contribution in [-0.2, 0) is 17.8 Å². The second kappa shape index (κ2) is 6.96. The van der Waals surface area contributed by atoms with Gasteiger partial charge in [0.15, 0.2) is 0 Å². The van der Waals surface area contributed by atoms with E-state index in [9.17, 15) is 4.79 Å². The minimum absolute atomic E-state index is 0.0277. The highest BCUT2D eigenvalue weighted by atomic mass is 16.2. The zero-order chi connectivity index (χ0) is 17.9. The van der Waals surface area contributed by atoms with Crippen LogP contribution in [0, 0.1) is 0 Å². The van der Waals surface area contributed by atoms with Crippen molar-refractivity contribution in [2.75, 3.05) is 4.90 Å². The fraction of sp³-hybridized carbons (Fsp3) is 0.190. The molecule has 1 atom stereocenters. The molecule has 0 spiro atoms. The van der Waals surface area contributed by atoms with Gasteiger partial charge in [-0.05, 0) is 36.6 Å². The highest BCUT2D eigenvalue weighted by Crippen LogP contribution is 2.31. The van der Waals surface area contributed by atoms with Gasteiger partial charge in [0.05, 0.1) is 12.7 Å². The Bertz CT molecular complexity index is 945. The summed E-state index contributed by atoms with van der Waals surface area (Å²) in [6.07, 6.45) is 6.04. The number of fused-ring (bicyclic) bond motifs is 1. The summed E-state index contributed by atoms with van der Waals surface area (Å²) in [5.74, 6) is -0.0277. The van der Waals surface area contributed by atoms with E-state index in [0.717, 1.165) is 17.7 Å². The molecule has 0 saturated heterocycles. The number of amides is 1. The third-order valence-corrected chi connectivity index (χ3v) is 4.59. The van der Waals surface area contributed by atoms with Crippen molar-refractivity contribution in [2.24, 2.45) is 0 Å². The quantitative estimate of drug-likeness (QED) is 0.682. The lowest BCUT2D eigenvalue weighted by molar-refractivity contribution is -0.114. The molecule has 4 rings (SSSR count). The van der Waals surface area contributed by atoms with Crippen molar-refractivity contribution in [1.82, 2.24) is 15.0 Å². The Morgan fingerprint density at radius 1 is 1.15 bits per heavy atom. The lowest BCUT2D eigenvalue weighted by Crippen LogP contribution is -2.34. The van der Waals surface area contributed by atoms with Gasteiger partial charge in [-0.1, -0.05) is 53.7 Å². The second-order valence-electron chi connectivity index (χ2n) is 6.55. The second-order valence-corrected chi connectivity index (χ2v) is 6.55. The van der Waals surface area contributed by atoms with Gasteiger partial charge in [-0.25, -0.2) is 4.68 Å². The van der Waals surface area contributed by atoms with Crippen LogP contribution in [-0.4, -0.2) is 26.9 Å². The van der Waals surface area contributed by atoms with Crippen molar-refractivity contribution in [2.45, 2.75) is 25.9 Å². The summed E-state index contributed by atoms with van der Waals surface area (Å²) in [6, 6.07) is 18.3. The molecule has 3 aromatic rings. The average Bonchev–Trinajstić information content (AvgIpc) is 3.23. The highest BCUT2D eigenvalue weighted by Gasteiger charge is 2.29. The number of aromatic nitrogens is 3. The molecule has 1 unspecified atom stereocenters. The first-order valence-corrected chi connectivity index (χ1v) is 8.74. The Balaban J connectivity index is 1.46. The molecule has 26 heavy (non-hydrogen) atoms. The number of hydrogen-bond acceptors (Lipinski definition) is 3. The topological polar surface area (TPSA) is 51.0 Å². The number of benzene rings is 2. The van der Waals surface area contributed by atoms with Gasteiger partial charge in [-0.3, -0.25) is 4.79 Å². The zero-order valence-electron chi connectivity index (χ0n) is 14.6. The summed E-state index contributed by atoms with van der Waals surface area (Å²) in [6.45, 7) is 2.73. The lowest BCUT2D eigenvalue weighted by atomic mass is 10.1. The monoisotopic (exact) mass is 344 g/mol. The summed E-state index contributed by atoms with van der Waals surface area (Å²) in [4.78, 5) is 14.5. The maximum atomic E-state index is 12.7. The fourth-order valence-corrected chi connectivity index (χ4v) is 3.38. The van der Waals surface area contributed by atoms with Gasteiger partial charge < -0.3 is 4.90 Å². The van der Waals surface area contributed by atoms with Crippen molar-refractivity contribution in [3.8, 4) is 0 Å². The van der Waals surface area contributed by atoms with Gasteiger partial charge >= 0.3 is 0 Å². The maximum absolute atomic E-state index is 12.7. The molecule has 0 N–H and O–H groups in total. The predicted octanol–water partition coefficient (Wildman–Crippen LogP) is 3.32. The number of rotatable bonds is 4. The Hall–Kier alpha value is -3.21. The van der Waals surface area contributed by atoms with Gasteiger partial charge in [0, 0.05) is 17.8 Å². The third kappa shape index (κ3) is 3.28. The van der Waals surface area contributed by atoms with Gasteiger partial charge in [0.1, 0.15) is 5.69 Å². The summed E-state index contributed by atoms with van der Waals surface area (Å²) in [5, 5.41) is 8.26. The normalized spacial score (nSPS) is 16.2. The first-order valence-electron chi connectivity index (χ1n) is 8.74. The molecule has 0 radical (unpaired) electrons. The van der Waals surface area contributed by atoms with E-state index >= 15 is 0 Å². The summed E-state index contributed by atoms with van der Waals surface area (Å²) in [7, 11) is 0. The van der Waals surface area contributed by atoms with Crippen LogP contribution in [0.4, 0.5) is 5.69 Å². The van der Waals surface area contributed by atoms with Gasteiger partial charge in [-0.2, -0.15) is 0 Å². The van der Waals surface area contributed by atoms with E-state index < -0.39 is 0 Å². The molecule has 5 nitrogen and oxygen atoms in total. The number of anilines is 1. The predicted molar refractivity (Wildman–Crippen MR) is 102 cm³/mol. The molecule has 0 saturated carbocycles. The first kappa shape index (κ1) is 16.3. The number of carbonyl (C=O) groups is 1. The number of para-hydroxylation sites is 1. The average molecular weight is 344 g/mol. The first-order chi connectivity index (χ1) is 12.7. The number of carbonyl (C=O) groups excluding carboxylic acids is 1. The van der Waals surface area contributed by atoms with Crippen molar-refractivity contribution in [1.29, 1.82) is 0 Å². The summed E-state index contributed by atoms with van der Waals surface area (Å²) < 4.78 is 1.77. The molecule has 1 aliphatic heterocycles. The van der Waals surface area contributed by atoms with E-state index in [4.69, 9.17) is 0 Å². The van der Waals surface area contributed by atoms with Gasteiger partial charge in [0.25, 0.3) is 5.91 Å². The van der Waals surface area contributed by atoms with Crippen LogP contribution in [0.15, 0.2) is 66.9 Å². The van der Waals surface area contributed by atoms with Crippen LogP contribution in [0.25, 0.3) is 6.08 Å². The summed E-state index contributed by atoms with van der Waals surface area (Å²) >= 11 is 0. The standard InChI is InChI=1S/C21H20N4O/c1-16-13-18-9-5-6-10-20(18)25(16)21(26)12-11-19-15-24(23-22-19)14-17-7-3-2-4-8-17/h2-12,15-16H,13-14H2,1H3/b12-11+. The SMILES string of the molecule is CC1Cc2ccccc2N1C(=O)/C=C/c1cn(Cc2ccccc2)nn1. The number of hydrogen-bond donors (Lipinski definition) is 0. The van der Waals surface area contributed by atoms with Crippen LogP contribution in [0.1, 0.15) is 23.7 Å². The van der Waals surface area contributed by atoms with Crippen LogP contribution in [0.5, 0.6) is 0 Å². The van der Waals surface area contributed by atoms with E-state index in [-0.39, 0.29) is 11.9 Å². The molecule has 2 heterocycles. The molecule has 5 heteroatoms. The molecule has 1 aromatic heterocycles. The van der Waals surface area contributed by atoms with Crippen molar-refractivity contribution >= 4 is 17.7 Å². The smallest absolute Gasteiger partial charge is 0.251 e. The Morgan fingerprint density at radius 2 is 1.92 bits per heavy atom. The molecule has 0 aliphatic carbocycles. The molecule has 2 aromatic carbocycles. The van der Waals surface area contributed by atoms with Crippen LogP contribution in [0.3, 0.4) is 0 Å². The molecular formula is C21H20N4O. The Kier molecular flexibility index (Phi) is 4.35. The molecular weight excluding hydrogens is 324 g/mol. The maximum Gasteiger partial charge on any atom is 0.251 e. The van der Waals surface area contributed by atoms with Crippen LogP contribution >= 0.6 is 0 Å². The zero-order valence-corrected chi connectivity index (χ0v) is 14.6. The van der Waals surface area contributed by atoms with Gasteiger partial charge in [0.2, 0.25) is 0 Å². The Labute approximate surface area is 152 Å². The molecule has 1 aliphatic rings.